The average molecular weight is 398 g/mol. The van der Waals surface area contributed by atoms with Gasteiger partial charge in [-0.15, -0.1) is 10.2 Å². The summed E-state index contributed by atoms with van der Waals surface area (Å²) < 4.78 is 1.85. The molecule has 3 aromatic rings. The number of aromatic nitrogens is 3. The van der Waals surface area contributed by atoms with Crippen molar-refractivity contribution in [1.29, 1.82) is 5.26 Å². The number of rotatable bonds is 6. The number of anilines is 1. The van der Waals surface area contributed by atoms with Gasteiger partial charge in [-0.25, -0.2) is 0 Å². The minimum atomic E-state index is -0.135. The van der Waals surface area contributed by atoms with Crippen LogP contribution in [-0.4, -0.2) is 26.4 Å². The van der Waals surface area contributed by atoms with Gasteiger partial charge < -0.3 is 9.88 Å². The van der Waals surface area contributed by atoms with Gasteiger partial charge in [-0.1, -0.05) is 35.5 Å². The van der Waals surface area contributed by atoms with E-state index in [2.05, 4.69) is 21.6 Å². The third kappa shape index (κ3) is 4.88. The molecule has 0 bridgehead atoms. The van der Waals surface area contributed by atoms with Crippen LogP contribution in [-0.2, 0) is 18.3 Å². The number of thioether (sulfide) groups is 1. The zero-order chi connectivity index (χ0) is 19.2. The number of amides is 1. The first-order chi connectivity index (χ1) is 13.1. The van der Waals surface area contributed by atoms with Crippen molar-refractivity contribution >= 4 is 35.0 Å². The monoisotopic (exact) mass is 397 g/mol. The van der Waals surface area contributed by atoms with Gasteiger partial charge in [-0.05, 0) is 42.0 Å². The van der Waals surface area contributed by atoms with Gasteiger partial charge in [0.1, 0.15) is 0 Å². The van der Waals surface area contributed by atoms with Crippen molar-refractivity contribution in [2.75, 3.05) is 11.1 Å². The molecule has 1 N–H and O–H groups in total. The molecule has 0 spiro atoms. The lowest BCUT2D eigenvalue weighted by molar-refractivity contribution is -0.113. The number of nitrogens with zero attached hydrogens (tertiary/aromatic N) is 4. The van der Waals surface area contributed by atoms with Crippen LogP contribution in [0.25, 0.3) is 11.4 Å². The number of nitriles is 1. The maximum absolute atomic E-state index is 12.2. The zero-order valence-electron chi connectivity index (χ0n) is 14.5. The smallest absolute Gasteiger partial charge is 0.234 e. The fourth-order valence-electron chi connectivity index (χ4n) is 2.42. The lowest BCUT2D eigenvalue weighted by atomic mass is 10.1. The number of hydrogen-bond acceptors (Lipinski definition) is 5. The molecule has 0 aliphatic carbocycles. The molecule has 0 saturated heterocycles. The van der Waals surface area contributed by atoms with Crippen molar-refractivity contribution in [3.8, 4) is 17.5 Å². The van der Waals surface area contributed by atoms with Crippen LogP contribution in [0.4, 0.5) is 5.69 Å². The van der Waals surface area contributed by atoms with Crippen LogP contribution >= 0.6 is 23.4 Å². The summed E-state index contributed by atoms with van der Waals surface area (Å²) in [5, 5.41) is 21.2. The molecule has 0 aliphatic rings. The molecule has 2 aromatic carbocycles. The number of carbonyl (C=O) groups excluding carboxylic acids is 1. The molecular weight excluding hydrogens is 382 g/mol. The van der Waals surface area contributed by atoms with Crippen molar-refractivity contribution in [3.63, 3.8) is 0 Å². The number of nitrogens with one attached hydrogen (secondary N) is 1. The van der Waals surface area contributed by atoms with Crippen molar-refractivity contribution < 1.29 is 4.79 Å². The first-order valence-electron chi connectivity index (χ1n) is 8.10. The Morgan fingerprint density at radius 3 is 2.56 bits per heavy atom. The second kappa shape index (κ2) is 8.71. The predicted octanol–water partition coefficient (Wildman–Crippen LogP) is 3.93. The van der Waals surface area contributed by atoms with E-state index < -0.39 is 0 Å². The predicted molar refractivity (Wildman–Crippen MR) is 107 cm³/mol. The molecular formula is C19H16ClN5OS. The molecule has 0 radical (unpaired) electrons. The summed E-state index contributed by atoms with van der Waals surface area (Å²) in [7, 11) is 1.86. The highest BCUT2D eigenvalue weighted by Gasteiger charge is 2.13. The quantitative estimate of drug-likeness (QED) is 0.637. The van der Waals surface area contributed by atoms with Gasteiger partial charge in [0, 0.05) is 23.3 Å². The number of halogens is 1. The van der Waals surface area contributed by atoms with E-state index in [1.165, 1.54) is 11.8 Å². The molecule has 136 valence electrons. The molecule has 0 unspecified atom stereocenters. The Labute approximate surface area is 166 Å². The Balaban J connectivity index is 1.59. The minimum Gasteiger partial charge on any atom is -0.325 e. The van der Waals surface area contributed by atoms with Gasteiger partial charge in [0.2, 0.25) is 5.91 Å². The third-order valence-electron chi connectivity index (χ3n) is 3.79. The Kier molecular flexibility index (Phi) is 6.12. The van der Waals surface area contributed by atoms with Gasteiger partial charge >= 0.3 is 0 Å². The number of carbonyl (C=O) groups is 1. The molecule has 27 heavy (non-hydrogen) atoms. The van der Waals surface area contributed by atoms with Crippen LogP contribution in [0.1, 0.15) is 5.56 Å². The van der Waals surface area contributed by atoms with Crippen molar-refractivity contribution in [2.45, 2.75) is 11.6 Å². The van der Waals surface area contributed by atoms with E-state index >= 15 is 0 Å². The van der Waals surface area contributed by atoms with Crippen LogP contribution in [0.5, 0.6) is 0 Å². The highest BCUT2D eigenvalue weighted by atomic mass is 35.5. The third-order valence-corrected chi connectivity index (χ3v) is 5.06. The van der Waals surface area contributed by atoms with E-state index in [1.807, 2.05) is 35.9 Å². The van der Waals surface area contributed by atoms with E-state index in [-0.39, 0.29) is 11.7 Å². The maximum Gasteiger partial charge on any atom is 0.234 e. The second-order valence-corrected chi connectivity index (χ2v) is 7.12. The first-order valence-corrected chi connectivity index (χ1v) is 9.47. The number of benzene rings is 2. The van der Waals surface area contributed by atoms with Gasteiger partial charge in [0.05, 0.1) is 18.2 Å². The van der Waals surface area contributed by atoms with Crippen LogP contribution in [0, 0.1) is 11.3 Å². The Morgan fingerprint density at radius 2 is 1.89 bits per heavy atom. The van der Waals surface area contributed by atoms with Crippen LogP contribution in [0.3, 0.4) is 0 Å². The SMILES string of the molecule is Cn1c(SCC(=O)Nc2ccc(CC#N)cc2)nnc1-c1ccc(Cl)cc1. The lowest BCUT2D eigenvalue weighted by Crippen LogP contribution is -2.14. The second-order valence-electron chi connectivity index (χ2n) is 5.74. The van der Waals surface area contributed by atoms with Gasteiger partial charge in [-0.2, -0.15) is 5.26 Å². The van der Waals surface area contributed by atoms with Crippen LogP contribution < -0.4 is 5.32 Å². The molecule has 0 saturated carbocycles. The summed E-state index contributed by atoms with van der Waals surface area (Å²) in [5.74, 6) is 0.790. The van der Waals surface area contributed by atoms with Gasteiger partial charge in [0.25, 0.3) is 0 Å². The zero-order valence-corrected chi connectivity index (χ0v) is 16.1. The summed E-state index contributed by atoms with van der Waals surface area (Å²) in [6.45, 7) is 0. The molecule has 0 aliphatic heterocycles. The topological polar surface area (TPSA) is 83.6 Å². The van der Waals surface area contributed by atoms with E-state index in [0.717, 1.165) is 11.1 Å². The molecule has 3 rings (SSSR count). The van der Waals surface area contributed by atoms with E-state index in [1.54, 1.807) is 24.3 Å². The van der Waals surface area contributed by atoms with Crippen molar-refractivity contribution in [1.82, 2.24) is 14.8 Å². The Bertz CT molecular complexity index is 977. The number of hydrogen-bond donors (Lipinski definition) is 1. The van der Waals surface area contributed by atoms with Crippen molar-refractivity contribution in [3.05, 3.63) is 59.1 Å². The van der Waals surface area contributed by atoms with Crippen molar-refractivity contribution in [2.24, 2.45) is 7.05 Å². The molecule has 0 fully saturated rings. The van der Waals surface area contributed by atoms with E-state index in [4.69, 9.17) is 16.9 Å². The summed E-state index contributed by atoms with van der Waals surface area (Å²) in [4.78, 5) is 12.2. The first kappa shape index (κ1) is 19.0. The normalized spacial score (nSPS) is 10.4. The summed E-state index contributed by atoms with van der Waals surface area (Å²) in [5.41, 5.74) is 2.52. The largest absolute Gasteiger partial charge is 0.325 e. The van der Waals surface area contributed by atoms with Gasteiger partial charge in [-0.3, -0.25) is 4.79 Å². The van der Waals surface area contributed by atoms with E-state index in [0.29, 0.717) is 28.1 Å². The minimum absolute atomic E-state index is 0.135. The maximum atomic E-state index is 12.2. The average Bonchev–Trinajstić information content (AvgIpc) is 3.03. The standard InChI is InChI=1S/C19H16ClN5OS/c1-25-18(14-4-6-15(20)7-5-14)23-24-19(25)27-12-17(26)22-16-8-2-13(3-9-16)10-11-21/h2-9H,10,12H2,1H3,(H,22,26). The molecule has 1 aromatic heterocycles. The van der Waals surface area contributed by atoms with Gasteiger partial charge in [0.15, 0.2) is 11.0 Å². The molecule has 1 amide bonds. The summed E-state index contributed by atoms with van der Waals surface area (Å²) >= 11 is 7.23. The van der Waals surface area contributed by atoms with Crippen LogP contribution in [0.15, 0.2) is 53.7 Å². The fraction of sp³-hybridized carbons (Fsp3) is 0.158. The lowest BCUT2D eigenvalue weighted by Gasteiger charge is -2.06. The Hall–Kier alpha value is -2.82. The molecule has 8 heteroatoms. The molecule has 6 nitrogen and oxygen atoms in total. The van der Waals surface area contributed by atoms with E-state index in [9.17, 15) is 4.79 Å². The highest BCUT2D eigenvalue weighted by molar-refractivity contribution is 7.99. The molecule has 0 atom stereocenters. The molecule has 1 heterocycles. The van der Waals surface area contributed by atoms with Crippen LogP contribution in [0.2, 0.25) is 5.02 Å². The summed E-state index contributed by atoms with van der Waals surface area (Å²) in [6.07, 6.45) is 0.353. The fourth-order valence-corrected chi connectivity index (χ4v) is 3.25. The summed E-state index contributed by atoms with van der Waals surface area (Å²) in [6, 6.07) is 16.7. The highest BCUT2D eigenvalue weighted by Crippen LogP contribution is 2.24. The Morgan fingerprint density at radius 1 is 1.19 bits per heavy atom.